The summed E-state index contributed by atoms with van der Waals surface area (Å²) in [5.74, 6) is -0.0189. The lowest BCUT2D eigenvalue weighted by molar-refractivity contribution is -0.137. The van der Waals surface area contributed by atoms with Crippen molar-refractivity contribution in [2.24, 2.45) is 0 Å². The highest BCUT2D eigenvalue weighted by Crippen LogP contribution is 2.16. The fourth-order valence-electron chi connectivity index (χ4n) is 0.801. The zero-order valence-electron chi connectivity index (χ0n) is 6.06. The van der Waals surface area contributed by atoms with Crippen LogP contribution in [0.4, 0.5) is 0 Å². The van der Waals surface area contributed by atoms with Gasteiger partial charge in [-0.15, -0.1) is 0 Å². The Kier molecular flexibility index (Phi) is 2.55. The van der Waals surface area contributed by atoms with E-state index < -0.39 is 0 Å². The first-order valence-corrected chi connectivity index (χ1v) is 3.17. The Bertz CT molecular complexity index is 306. The van der Waals surface area contributed by atoms with Crippen molar-refractivity contribution in [3.8, 4) is 5.75 Å². The van der Waals surface area contributed by atoms with Gasteiger partial charge in [0.05, 0.1) is 5.56 Å². The normalized spacial score (nSPS) is 9.08. The van der Waals surface area contributed by atoms with E-state index in [1.807, 2.05) is 0 Å². The molecular weight excluding hydrogens is 160 g/mol. The zero-order chi connectivity index (χ0) is 8.97. The number of rotatable bonds is 3. The standard InChI is InChI=1S/C8H6O4/c9-4-6-1-2-7(5-10)8(3-6)12-11/h1-5,11H. The molecule has 1 aromatic rings. The van der Waals surface area contributed by atoms with Crippen LogP contribution < -0.4 is 4.89 Å². The molecule has 4 heteroatoms. The zero-order valence-corrected chi connectivity index (χ0v) is 6.06. The van der Waals surface area contributed by atoms with Crippen LogP contribution in [0.5, 0.6) is 5.75 Å². The van der Waals surface area contributed by atoms with Crippen molar-refractivity contribution >= 4 is 12.6 Å². The van der Waals surface area contributed by atoms with Crippen LogP contribution in [0.1, 0.15) is 20.7 Å². The maximum Gasteiger partial charge on any atom is 0.176 e. The molecule has 1 aromatic carbocycles. The molecule has 0 aliphatic rings. The van der Waals surface area contributed by atoms with Gasteiger partial charge in [-0.1, -0.05) is 6.07 Å². The number of carbonyl (C=O) groups is 2. The van der Waals surface area contributed by atoms with Crippen molar-refractivity contribution in [2.45, 2.75) is 0 Å². The van der Waals surface area contributed by atoms with Crippen LogP contribution in [0.3, 0.4) is 0 Å². The lowest BCUT2D eigenvalue weighted by Crippen LogP contribution is -1.92. The third-order valence-electron chi connectivity index (χ3n) is 1.40. The average molecular weight is 166 g/mol. The highest BCUT2D eigenvalue weighted by atomic mass is 17.1. The predicted octanol–water partition coefficient (Wildman–Crippen LogP) is 1.16. The van der Waals surface area contributed by atoms with Crippen LogP contribution in [0.15, 0.2) is 18.2 Å². The highest BCUT2D eigenvalue weighted by Gasteiger charge is 2.03. The Morgan fingerprint density at radius 3 is 2.50 bits per heavy atom. The van der Waals surface area contributed by atoms with E-state index in [2.05, 4.69) is 4.89 Å². The lowest BCUT2D eigenvalue weighted by Gasteiger charge is -1.99. The molecule has 0 aliphatic carbocycles. The first kappa shape index (κ1) is 8.42. The van der Waals surface area contributed by atoms with Gasteiger partial charge in [0.2, 0.25) is 0 Å². The van der Waals surface area contributed by atoms with Crippen LogP contribution in [-0.2, 0) is 0 Å². The van der Waals surface area contributed by atoms with Crippen LogP contribution in [0.25, 0.3) is 0 Å². The molecule has 1 N–H and O–H groups in total. The molecule has 4 nitrogen and oxygen atoms in total. The Morgan fingerprint density at radius 1 is 1.25 bits per heavy atom. The van der Waals surface area contributed by atoms with E-state index in [0.29, 0.717) is 18.1 Å². The van der Waals surface area contributed by atoms with E-state index in [0.717, 1.165) is 0 Å². The molecule has 0 bridgehead atoms. The van der Waals surface area contributed by atoms with E-state index >= 15 is 0 Å². The quantitative estimate of drug-likeness (QED) is 0.415. The molecule has 0 unspecified atom stereocenters. The molecule has 1 rings (SSSR count). The Hall–Kier alpha value is -1.68. The summed E-state index contributed by atoms with van der Waals surface area (Å²) in [5, 5.41) is 8.29. The van der Waals surface area contributed by atoms with Crippen molar-refractivity contribution in [1.29, 1.82) is 0 Å². The van der Waals surface area contributed by atoms with Crippen LogP contribution in [0.2, 0.25) is 0 Å². The summed E-state index contributed by atoms with van der Waals surface area (Å²) in [6.45, 7) is 0. The first-order valence-electron chi connectivity index (χ1n) is 3.17. The van der Waals surface area contributed by atoms with Crippen molar-refractivity contribution in [2.75, 3.05) is 0 Å². The minimum Gasteiger partial charge on any atom is -0.339 e. The molecule has 0 radical (unpaired) electrons. The van der Waals surface area contributed by atoms with Gasteiger partial charge in [-0.3, -0.25) is 9.59 Å². The fraction of sp³-hybridized carbons (Fsp3) is 0. The molecule has 0 fully saturated rings. The number of carbonyl (C=O) groups excluding carboxylic acids is 2. The van der Waals surface area contributed by atoms with Crippen LogP contribution in [-0.4, -0.2) is 17.8 Å². The second-order valence-corrected chi connectivity index (χ2v) is 2.12. The summed E-state index contributed by atoms with van der Waals surface area (Å²) in [4.78, 5) is 24.4. The van der Waals surface area contributed by atoms with Gasteiger partial charge < -0.3 is 4.89 Å². The van der Waals surface area contributed by atoms with Gasteiger partial charge in [-0.25, -0.2) is 5.26 Å². The van der Waals surface area contributed by atoms with E-state index in [1.165, 1.54) is 18.2 Å². The molecule has 0 saturated heterocycles. The summed E-state index contributed by atoms with van der Waals surface area (Å²) >= 11 is 0. The molecular formula is C8H6O4. The number of aldehydes is 2. The SMILES string of the molecule is O=Cc1ccc(C=O)c(OO)c1. The third kappa shape index (κ3) is 1.49. The van der Waals surface area contributed by atoms with Crippen molar-refractivity contribution < 1.29 is 19.7 Å². The van der Waals surface area contributed by atoms with Crippen molar-refractivity contribution in [3.63, 3.8) is 0 Å². The van der Waals surface area contributed by atoms with Crippen LogP contribution in [0, 0.1) is 0 Å². The van der Waals surface area contributed by atoms with Crippen LogP contribution >= 0.6 is 0 Å². The Labute approximate surface area is 68.3 Å². The predicted molar refractivity (Wildman–Crippen MR) is 40.5 cm³/mol. The molecule has 0 heterocycles. The minimum absolute atomic E-state index is 0.0189. The molecule has 12 heavy (non-hydrogen) atoms. The maximum atomic E-state index is 10.3. The molecule has 0 spiro atoms. The van der Waals surface area contributed by atoms with Crippen molar-refractivity contribution in [1.82, 2.24) is 0 Å². The average Bonchev–Trinajstić information content (AvgIpc) is 2.16. The molecule has 62 valence electrons. The van der Waals surface area contributed by atoms with Crippen molar-refractivity contribution in [3.05, 3.63) is 29.3 Å². The van der Waals surface area contributed by atoms with E-state index in [-0.39, 0.29) is 11.3 Å². The van der Waals surface area contributed by atoms with Gasteiger partial charge in [-0.2, -0.15) is 0 Å². The first-order chi connectivity index (χ1) is 5.81. The smallest absolute Gasteiger partial charge is 0.176 e. The van der Waals surface area contributed by atoms with E-state index in [9.17, 15) is 9.59 Å². The summed E-state index contributed by atoms with van der Waals surface area (Å²) in [5.41, 5.74) is 0.535. The molecule has 0 amide bonds. The topological polar surface area (TPSA) is 63.6 Å². The maximum absolute atomic E-state index is 10.3. The molecule has 0 saturated carbocycles. The van der Waals surface area contributed by atoms with Gasteiger partial charge in [0.1, 0.15) is 6.29 Å². The second kappa shape index (κ2) is 3.64. The molecule has 0 atom stereocenters. The van der Waals surface area contributed by atoms with Gasteiger partial charge in [-0.05, 0) is 12.1 Å². The second-order valence-electron chi connectivity index (χ2n) is 2.12. The minimum atomic E-state index is -0.0189. The Morgan fingerprint density at radius 2 is 2.00 bits per heavy atom. The lowest BCUT2D eigenvalue weighted by atomic mass is 10.1. The monoisotopic (exact) mass is 166 g/mol. The van der Waals surface area contributed by atoms with Gasteiger partial charge in [0, 0.05) is 5.56 Å². The summed E-state index contributed by atoms with van der Waals surface area (Å²) in [7, 11) is 0. The third-order valence-corrected chi connectivity index (χ3v) is 1.40. The number of hydrogen-bond donors (Lipinski definition) is 1. The summed E-state index contributed by atoms with van der Waals surface area (Å²) in [6, 6.07) is 4.12. The van der Waals surface area contributed by atoms with E-state index in [4.69, 9.17) is 5.26 Å². The summed E-state index contributed by atoms with van der Waals surface area (Å²) in [6.07, 6.45) is 1.12. The number of benzene rings is 1. The number of hydrogen-bond acceptors (Lipinski definition) is 4. The van der Waals surface area contributed by atoms with E-state index in [1.54, 1.807) is 0 Å². The fourth-order valence-corrected chi connectivity index (χ4v) is 0.801. The highest BCUT2D eigenvalue weighted by molar-refractivity contribution is 5.83. The van der Waals surface area contributed by atoms with Gasteiger partial charge >= 0.3 is 0 Å². The Balaban J connectivity index is 3.18. The largest absolute Gasteiger partial charge is 0.339 e. The van der Waals surface area contributed by atoms with Gasteiger partial charge in [0.15, 0.2) is 12.0 Å². The molecule has 0 aliphatic heterocycles. The van der Waals surface area contributed by atoms with Gasteiger partial charge in [0.25, 0.3) is 0 Å². The summed E-state index contributed by atoms with van der Waals surface area (Å²) < 4.78 is 0. The molecule has 0 aromatic heterocycles.